The van der Waals surface area contributed by atoms with Crippen molar-refractivity contribution in [1.82, 2.24) is 5.32 Å². The maximum Gasteiger partial charge on any atom is -0.00488 e. The molecule has 0 bridgehead atoms. The zero-order valence-corrected chi connectivity index (χ0v) is 10.4. The molecule has 0 aromatic carbocycles. The predicted molar refractivity (Wildman–Crippen MR) is 65.7 cm³/mol. The zero-order chi connectivity index (χ0) is 10.6. The van der Waals surface area contributed by atoms with Crippen LogP contribution in [0.15, 0.2) is 0 Å². The summed E-state index contributed by atoms with van der Waals surface area (Å²) in [5, 5.41) is 3.46. The van der Waals surface area contributed by atoms with Crippen LogP contribution in [0.4, 0.5) is 0 Å². The van der Waals surface area contributed by atoms with Crippen molar-refractivity contribution in [2.75, 3.05) is 13.1 Å². The van der Waals surface area contributed by atoms with E-state index in [0.717, 1.165) is 5.92 Å². The fraction of sp³-hybridized carbons (Fsp3) is 1.00. The Hall–Kier alpha value is -0.0400. The van der Waals surface area contributed by atoms with Gasteiger partial charge in [-0.3, -0.25) is 0 Å². The molecule has 1 heteroatoms. The Balaban J connectivity index is 3.06. The highest BCUT2D eigenvalue weighted by Crippen LogP contribution is 2.14. The molecule has 0 aliphatic carbocycles. The molecule has 0 aliphatic rings. The average Bonchev–Trinajstić information content (AvgIpc) is 2.18. The lowest BCUT2D eigenvalue weighted by atomic mass is 9.98. The first-order chi connectivity index (χ1) is 6.81. The van der Waals surface area contributed by atoms with Gasteiger partial charge in [-0.1, -0.05) is 46.5 Å². The first-order valence-corrected chi connectivity index (χ1v) is 6.52. The van der Waals surface area contributed by atoms with Crippen LogP contribution in [0.3, 0.4) is 0 Å². The molecule has 0 rings (SSSR count). The third kappa shape index (κ3) is 10.0. The quantitative estimate of drug-likeness (QED) is 0.525. The van der Waals surface area contributed by atoms with Crippen LogP contribution in [0.25, 0.3) is 0 Å². The second-order valence-electron chi connectivity index (χ2n) is 4.49. The fourth-order valence-corrected chi connectivity index (χ4v) is 1.76. The SMILES string of the molecule is CCCCCC(C)CCCNCCC. The number of unbranched alkanes of at least 4 members (excludes halogenated alkanes) is 2. The Labute approximate surface area is 90.7 Å². The van der Waals surface area contributed by atoms with Crippen LogP contribution < -0.4 is 5.32 Å². The molecular weight excluding hydrogens is 170 g/mol. The molecule has 0 radical (unpaired) electrons. The van der Waals surface area contributed by atoms with Gasteiger partial charge in [0.25, 0.3) is 0 Å². The first kappa shape index (κ1) is 14.0. The molecule has 86 valence electrons. The number of nitrogens with one attached hydrogen (secondary N) is 1. The summed E-state index contributed by atoms with van der Waals surface area (Å²) < 4.78 is 0. The van der Waals surface area contributed by atoms with Gasteiger partial charge in [0, 0.05) is 0 Å². The minimum absolute atomic E-state index is 0.935. The van der Waals surface area contributed by atoms with E-state index in [1.165, 1.54) is 58.0 Å². The Bertz CT molecular complexity index is 101. The summed E-state index contributed by atoms with van der Waals surface area (Å²) >= 11 is 0. The summed E-state index contributed by atoms with van der Waals surface area (Å²) in [5.41, 5.74) is 0. The van der Waals surface area contributed by atoms with Gasteiger partial charge >= 0.3 is 0 Å². The van der Waals surface area contributed by atoms with Crippen LogP contribution in [0.2, 0.25) is 0 Å². The first-order valence-electron chi connectivity index (χ1n) is 6.52. The molecule has 0 heterocycles. The van der Waals surface area contributed by atoms with E-state index in [4.69, 9.17) is 0 Å². The van der Waals surface area contributed by atoms with Crippen LogP contribution in [0.1, 0.15) is 65.7 Å². The van der Waals surface area contributed by atoms with Crippen molar-refractivity contribution >= 4 is 0 Å². The van der Waals surface area contributed by atoms with E-state index < -0.39 is 0 Å². The predicted octanol–water partition coefficient (Wildman–Crippen LogP) is 3.98. The Morgan fingerprint density at radius 1 is 0.857 bits per heavy atom. The van der Waals surface area contributed by atoms with E-state index in [2.05, 4.69) is 26.1 Å². The van der Waals surface area contributed by atoms with Crippen molar-refractivity contribution in [1.29, 1.82) is 0 Å². The summed E-state index contributed by atoms with van der Waals surface area (Å²) in [6, 6.07) is 0. The minimum atomic E-state index is 0.935. The van der Waals surface area contributed by atoms with Crippen LogP contribution in [0, 0.1) is 5.92 Å². The number of rotatable bonds is 10. The molecule has 1 atom stereocenters. The molecule has 0 saturated carbocycles. The van der Waals surface area contributed by atoms with Gasteiger partial charge in [-0.15, -0.1) is 0 Å². The molecule has 0 saturated heterocycles. The molecule has 1 unspecified atom stereocenters. The third-order valence-electron chi connectivity index (χ3n) is 2.78. The molecule has 1 N–H and O–H groups in total. The Morgan fingerprint density at radius 3 is 2.21 bits per heavy atom. The average molecular weight is 199 g/mol. The van der Waals surface area contributed by atoms with E-state index in [0.29, 0.717) is 0 Å². The molecule has 14 heavy (non-hydrogen) atoms. The smallest absolute Gasteiger partial charge is 0.00488 e. The summed E-state index contributed by atoms with van der Waals surface area (Å²) in [7, 11) is 0. The lowest BCUT2D eigenvalue weighted by molar-refractivity contribution is 0.442. The van der Waals surface area contributed by atoms with Crippen molar-refractivity contribution in [3.63, 3.8) is 0 Å². The lowest BCUT2D eigenvalue weighted by Gasteiger charge is -2.10. The summed E-state index contributed by atoms with van der Waals surface area (Å²) in [6.07, 6.45) is 9.64. The largest absolute Gasteiger partial charge is 0.317 e. The Kier molecular flexibility index (Phi) is 11.0. The van der Waals surface area contributed by atoms with E-state index in [-0.39, 0.29) is 0 Å². The van der Waals surface area contributed by atoms with E-state index >= 15 is 0 Å². The second kappa shape index (κ2) is 11.0. The summed E-state index contributed by atoms with van der Waals surface area (Å²) in [6.45, 7) is 9.30. The third-order valence-corrected chi connectivity index (χ3v) is 2.78. The second-order valence-corrected chi connectivity index (χ2v) is 4.49. The van der Waals surface area contributed by atoms with Gasteiger partial charge in [-0.25, -0.2) is 0 Å². The molecule has 1 nitrogen and oxygen atoms in total. The van der Waals surface area contributed by atoms with Crippen LogP contribution in [0.5, 0.6) is 0 Å². The molecule has 0 spiro atoms. The summed E-state index contributed by atoms with van der Waals surface area (Å²) in [4.78, 5) is 0. The topological polar surface area (TPSA) is 12.0 Å². The standard InChI is InChI=1S/C13H29N/c1-4-6-7-9-13(3)10-8-12-14-11-5-2/h13-14H,4-12H2,1-3H3. The van der Waals surface area contributed by atoms with Crippen LogP contribution >= 0.6 is 0 Å². The lowest BCUT2D eigenvalue weighted by Crippen LogP contribution is -2.16. The molecule has 0 aromatic rings. The molecule has 0 amide bonds. The van der Waals surface area contributed by atoms with Gasteiger partial charge in [-0.2, -0.15) is 0 Å². The van der Waals surface area contributed by atoms with Crippen molar-refractivity contribution in [2.24, 2.45) is 5.92 Å². The maximum atomic E-state index is 3.46. The molecule has 0 aromatic heterocycles. The van der Waals surface area contributed by atoms with Crippen LogP contribution in [-0.4, -0.2) is 13.1 Å². The molecule has 0 aliphatic heterocycles. The van der Waals surface area contributed by atoms with Gasteiger partial charge in [0.2, 0.25) is 0 Å². The van der Waals surface area contributed by atoms with Gasteiger partial charge in [0.15, 0.2) is 0 Å². The maximum absolute atomic E-state index is 3.46. The monoisotopic (exact) mass is 199 g/mol. The highest BCUT2D eigenvalue weighted by atomic mass is 14.8. The van der Waals surface area contributed by atoms with Gasteiger partial charge in [-0.05, 0) is 38.3 Å². The molecular formula is C13H29N. The highest BCUT2D eigenvalue weighted by Gasteiger charge is 2.00. The normalized spacial score (nSPS) is 13.1. The van der Waals surface area contributed by atoms with E-state index in [9.17, 15) is 0 Å². The van der Waals surface area contributed by atoms with Gasteiger partial charge < -0.3 is 5.32 Å². The van der Waals surface area contributed by atoms with E-state index in [1.807, 2.05) is 0 Å². The van der Waals surface area contributed by atoms with Crippen molar-refractivity contribution in [2.45, 2.75) is 65.7 Å². The van der Waals surface area contributed by atoms with Crippen LogP contribution in [-0.2, 0) is 0 Å². The van der Waals surface area contributed by atoms with E-state index in [1.54, 1.807) is 0 Å². The minimum Gasteiger partial charge on any atom is -0.317 e. The van der Waals surface area contributed by atoms with Gasteiger partial charge in [0.05, 0.1) is 0 Å². The number of hydrogen-bond donors (Lipinski definition) is 1. The van der Waals surface area contributed by atoms with Gasteiger partial charge in [0.1, 0.15) is 0 Å². The van der Waals surface area contributed by atoms with Crippen molar-refractivity contribution in [3.8, 4) is 0 Å². The Morgan fingerprint density at radius 2 is 1.57 bits per heavy atom. The van der Waals surface area contributed by atoms with Crippen molar-refractivity contribution < 1.29 is 0 Å². The zero-order valence-electron chi connectivity index (χ0n) is 10.4. The van der Waals surface area contributed by atoms with Crippen molar-refractivity contribution in [3.05, 3.63) is 0 Å². The highest BCUT2D eigenvalue weighted by molar-refractivity contribution is 4.55. The molecule has 0 fully saturated rings. The number of hydrogen-bond acceptors (Lipinski definition) is 1. The fourth-order valence-electron chi connectivity index (χ4n) is 1.76. The summed E-state index contributed by atoms with van der Waals surface area (Å²) in [5.74, 6) is 0.935.